The molecule has 2 fully saturated rings. The van der Waals surface area contributed by atoms with Gasteiger partial charge in [-0.2, -0.15) is 0 Å². The van der Waals surface area contributed by atoms with E-state index >= 15 is 0 Å². The summed E-state index contributed by atoms with van der Waals surface area (Å²) in [6.07, 6.45) is -0.112. The van der Waals surface area contributed by atoms with Crippen LogP contribution in [-0.2, 0) is 25.5 Å². The molecule has 7 rings (SSSR count). The topological polar surface area (TPSA) is 59.0 Å². The first-order chi connectivity index (χ1) is 24.4. The minimum atomic E-state index is -0.972. The van der Waals surface area contributed by atoms with Gasteiger partial charge in [0.2, 0.25) is 5.91 Å². The normalized spacial score (nSPS) is 20.4. The fourth-order valence-electron chi connectivity index (χ4n) is 7.93. The summed E-state index contributed by atoms with van der Waals surface area (Å²) in [6, 6.07) is 50.5. The van der Waals surface area contributed by atoms with Crippen LogP contribution in [0.1, 0.15) is 54.5 Å². The van der Waals surface area contributed by atoms with Gasteiger partial charge in [-0.1, -0.05) is 166 Å². The fraction of sp³-hybridized carbons (Fsp3) is 0.273. The molecule has 254 valence electrons. The Morgan fingerprint density at radius 2 is 1.20 bits per heavy atom. The summed E-state index contributed by atoms with van der Waals surface area (Å²) < 4.78 is 13.7. The van der Waals surface area contributed by atoms with Gasteiger partial charge in [-0.05, 0) is 53.1 Å². The Labute approximate surface area is 300 Å². The number of hydrogen-bond acceptors (Lipinski definition) is 5. The van der Waals surface area contributed by atoms with Crippen LogP contribution in [0.2, 0.25) is 0 Å². The monoisotopic (exact) mass is 681 g/mol. The van der Waals surface area contributed by atoms with Gasteiger partial charge in [0.05, 0.1) is 25.2 Å². The molecule has 5 aromatic rings. The third kappa shape index (κ3) is 6.17. The Morgan fingerprint density at radius 1 is 0.780 bits per heavy atom. The SMILES string of the molecule is CC(C)[C@@H]1N(C(=O)CC(O)[C@@H]2C[C@H]2COC(c2ccccc2)(c2ccccc2)c2ccccc2)C(=S)OC1(c1ccccc1)c1ccccc1. The lowest BCUT2D eigenvalue weighted by atomic mass is 9.75. The van der Waals surface area contributed by atoms with Crippen LogP contribution in [0.15, 0.2) is 152 Å². The van der Waals surface area contributed by atoms with E-state index in [1.165, 1.54) is 0 Å². The third-order valence-electron chi connectivity index (χ3n) is 10.4. The Kier molecular flexibility index (Phi) is 9.69. The summed E-state index contributed by atoms with van der Waals surface area (Å²) in [7, 11) is 0. The molecule has 1 saturated carbocycles. The van der Waals surface area contributed by atoms with E-state index in [-0.39, 0.29) is 35.3 Å². The highest BCUT2D eigenvalue weighted by Crippen LogP contribution is 2.49. The van der Waals surface area contributed by atoms with Crippen molar-refractivity contribution >= 4 is 23.3 Å². The molecule has 6 heteroatoms. The highest BCUT2D eigenvalue weighted by atomic mass is 32.1. The minimum absolute atomic E-state index is 0.00103. The van der Waals surface area contributed by atoms with Gasteiger partial charge in [-0.3, -0.25) is 9.69 Å². The Bertz CT molecular complexity index is 1750. The molecule has 1 heterocycles. The number of nitrogens with zero attached hydrogens (tertiary/aromatic N) is 1. The van der Waals surface area contributed by atoms with Gasteiger partial charge in [0, 0.05) is 11.1 Å². The number of rotatable bonds is 12. The summed E-state index contributed by atoms with van der Waals surface area (Å²) in [4.78, 5) is 15.8. The van der Waals surface area contributed by atoms with Gasteiger partial charge in [-0.15, -0.1) is 0 Å². The average Bonchev–Trinajstić information content (AvgIpc) is 3.87. The number of amides is 1. The summed E-state index contributed by atoms with van der Waals surface area (Å²) >= 11 is 5.82. The van der Waals surface area contributed by atoms with Crippen molar-refractivity contribution in [2.24, 2.45) is 17.8 Å². The van der Waals surface area contributed by atoms with E-state index in [1.807, 2.05) is 115 Å². The number of ether oxygens (including phenoxy) is 2. The van der Waals surface area contributed by atoms with Crippen molar-refractivity contribution in [2.75, 3.05) is 6.61 Å². The number of benzene rings is 5. The molecular weight excluding hydrogens is 639 g/mol. The number of hydrogen-bond donors (Lipinski definition) is 1. The second-order valence-corrected chi connectivity index (χ2v) is 14.2. The lowest BCUT2D eigenvalue weighted by Gasteiger charge is -2.38. The molecule has 0 bridgehead atoms. The van der Waals surface area contributed by atoms with Gasteiger partial charge in [0.25, 0.3) is 5.17 Å². The number of carbonyl (C=O) groups is 1. The molecular formula is C44H43NO4S. The smallest absolute Gasteiger partial charge is 0.267 e. The highest BCUT2D eigenvalue weighted by molar-refractivity contribution is 7.80. The third-order valence-corrected chi connectivity index (χ3v) is 10.6. The van der Waals surface area contributed by atoms with Crippen LogP contribution < -0.4 is 0 Å². The van der Waals surface area contributed by atoms with Crippen LogP contribution in [0.4, 0.5) is 0 Å². The van der Waals surface area contributed by atoms with E-state index in [0.717, 1.165) is 34.2 Å². The Balaban J connectivity index is 1.11. The maximum absolute atomic E-state index is 14.2. The van der Waals surface area contributed by atoms with Crippen molar-refractivity contribution in [3.05, 3.63) is 179 Å². The van der Waals surface area contributed by atoms with Crippen molar-refractivity contribution in [3.8, 4) is 0 Å². The highest BCUT2D eigenvalue weighted by Gasteiger charge is 2.58. The minimum Gasteiger partial charge on any atom is -0.452 e. The van der Waals surface area contributed by atoms with Crippen molar-refractivity contribution in [2.45, 2.75) is 50.0 Å². The van der Waals surface area contributed by atoms with Crippen molar-refractivity contribution in [1.82, 2.24) is 4.90 Å². The van der Waals surface area contributed by atoms with Crippen LogP contribution in [0.3, 0.4) is 0 Å². The first-order valence-corrected chi connectivity index (χ1v) is 17.9. The zero-order chi connectivity index (χ0) is 34.7. The molecule has 1 aliphatic heterocycles. The number of carbonyl (C=O) groups excluding carboxylic acids is 1. The molecule has 1 unspecified atom stereocenters. The number of aliphatic hydroxyl groups is 1. The lowest BCUT2D eigenvalue weighted by Crippen LogP contribution is -2.50. The molecule has 0 radical (unpaired) electrons. The van der Waals surface area contributed by atoms with Crippen molar-refractivity contribution in [1.29, 1.82) is 0 Å². The predicted molar refractivity (Wildman–Crippen MR) is 200 cm³/mol. The van der Waals surface area contributed by atoms with Gasteiger partial charge >= 0.3 is 0 Å². The average molecular weight is 682 g/mol. The van der Waals surface area contributed by atoms with Crippen LogP contribution in [0, 0.1) is 17.8 Å². The number of aliphatic hydroxyl groups excluding tert-OH is 1. The van der Waals surface area contributed by atoms with E-state index in [9.17, 15) is 9.90 Å². The molecule has 1 amide bonds. The second-order valence-electron chi connectivity index (χ2n) is 13.8. The van der Waals surface area contributed by atoms with E-state index in [2.05, 4.69) is 50.2 Å². The molecule has 5 aromatic carbocycles. The summed E-state index contributed by atoms with van der Waals surface area (Å²) in [5.41, 5.74) is 3.16. The lowest BCUT2D eigenvalue weighted by molar-refractivity contribution is -0.132. The van der Waals surface area contributed by atoms with Gasteiger partial charge in [0.15, 0.2) is 5.60 Å². The van der Waals surface area contributed by atoms with Gasteiger partial charge in [0.1, 0.15) is 5.60 Å². The molecule has 0 spiro atoms. The number of thiocarbonyl (C=S) groups is 1. The van der Waals surface area contributed by atoms with Gasteiger partial charge in [-0.25, -0.2) is 0 Å². The van der Waals surface area contributed by atoms with Crippen LogP contribution in [0.25, 0.3) is 0 Å². The van der Waals surface area contributed by atoms with Crippen molar-refractivity contribution in [3.63, 3.8) is 0 Å². The predicted octanol–water partition coefficient (Wildman–Crippen LogP) is 8.49. The quantitative estimate of drug-likeness (QED) is 0.106. The molecule has 5 nitrogen and oxygen atoms in total. The van der Waals surface area contributed by atoms with E-state index in [1.54, 1.807) is 4.90 Å². The fourth-order valence-corrected chi connectivity index (χ4v) is 8.27. The summed E-state index contributed by atoms with van der Waals surface area (Å²) in [5.74, 6) is -0.194. The molecule has 0 aromatic heterocycles. The molecule has 50 heavy (non-hydrogen) atoms. The Morgan fingerprint density at radius 3 is 1.62 bits per heavy atom. The van der Waals surface area contributed by atoms with Crippen LogP contribution >= 0.6 is 12.2 Å². The largest absolute Gasteiger partial charge is 0.452 e. The zero-order valence-electron chi connectivity index (χ0n) is 28.5. The van der Waals surface area contributed by atoms with E-state index in [4.69, 9.17) is 21.7 Å². The maximum Gasteiger partial charge on any atom is 0.267 e. The standard InChI is InChI=1S/C44H43NO4S/c1-31(2)41-44(36-24-14-6-15-25-36,37-26-16-7-17-27-37)49-42(50)45(41)40(47)29-39(46)38-28-32(38)30-48-43(33-18-8-3-9-19-33,34-20-10-4-11-21-34)35-22-12-5-13-23-35/h3-27,31-32,38-39,41,46H,28-30H2,1-2H3/t32-,38+,39?,41-/m0/s1. The van der Waals surface area contributed by atoms with E-state index < -0.39 is 23.3 Å². The maximum atomic E-state index is 14.2. The molecule has 1 aliphatic carbocycles. The molecule has 2 aliphatic rings. The second kappa shape index (κ2) is 14.3. The van der Waals surface area contributed by atoms with Crippen LogP contribution in [0.5, 0.6) is 0 Å². The van der Waals surface area contributed by atoms with E-state index in [0.29, 0.717) is 6.61 Å². The molecule has 4 atom stereocenters. The molecule has 1 N–H and O–H groups in total. The summed E-state index contributed by atoms with van der Waals surface area (Å²) in [5, 5.41) is 11.7. The van der Waals surface area contributed by atoms with Gasteiger partial charge < -0.3 is 14.6 Å². The van der Waals surface area contributed by atoms with Crippen LogP contribution in [-0.4, -0.2) is 39.8 Å². The first kappa shape index (κ1) is 33.9. The summed E-state index contributed by atoms with van der Waals surface area (Å²) in [6.45, 7) is 4.61. The zero-order valence-corrected chi connectivity index (χ0v) is 29.3. The van der Waals surface area contributed by atoms with Crippen molar-refractivity contribution < 1.29 is 19.4 Å². The molecule has 1 saturated heterocycles. The Hall–Kier alpha value is -4.62. The first-order valence-electron chi connectivity index (χ1n) is 17.5.